The highest BCUT2D eigenvalue weighted by atomic mass is 127. The van der Waals surface area contributed by atoms with Crippen LogP contribution in [0.2, 0.25) is 0 Å². The smallest absolute Gasteiger partial charge is 0.194 e. The summed E-state index contributed by atoms with van der Waals surface area (Å²) in [6, 6.07) is 9.66. The van der Waals surface area contributed by atoms with Crippen LogP contribution in [0.25, 0.3) is 0 Å². The highest BCUT2D eigenvalue weighted by Crippen LogP contribution is 2.23. The number of hydrogen-bond acceptors (Lipinski definition) is 2. The van der Waals surface area contributed by atoms with Crippen molar-refractivity contribution in [3.63, 3.8) is 0 Å². The summed E-state index contributed by atoms with van der Waals surface area (Å²) in [7, 11) is 0. The van der Waals surface area contributed by atoms with E-state index in [1.807, 2.05) is 44.2 Å². The van der Waals surface area contributed by atoms with E-state index in [-0.39, 0.29) is 5.78 Å². The normalized spacial score (nSPS) is 10.4. The predicted octanol–water partition coefficient (Wildman–Crippen LogP) is 4.20. The van der Waals surface area contributed by atoms with Gasteiger partial charge in [0.2, 0.25) is 0 Å². The molecule has 0 N–H and O–H groups in total. The molecule has 3 heteroatoms. The van der Waals surface area contributed by atoms with Gasteiger partial charge in [0.1, 0.15) is 0 Å². The Bertz CT molecular complexity index is 525. The average molecular weight is 342 g/mol. The molecule has 0 amide bonds. The van der Waals surface area contributed by atoms with E-state index in [9.17, 15) is 4.79 Å². The van der Waals surface area contributed by atoms with Gasteiger partial charge in [-0.3, -0.25) is 4.79 Å². The lowest BCUT2D eigenvalue weighted by molar-refractivity contribution is 0.103. The van der Waals surface area contributed by atoms with Gasteiger partial charge in [-0.15, -0.1) is 11.3 Å². The Balaban J connectivity index is 2.39. The number of hydrogen-bond donors (Lipinski definition) is 0. The summed E-state index contributed by atoms with van der Waals surface area (Å²) in [5, 5.41) is 0. The topological polar surface area (TPSA) is 17.1 Å². The first-order valence-corrected chi connectivity index (χ1v) is 6.85. The van der Waals surface area contributed by atoms with E-state index >= 15 is 0 Å². The summed E-state index contributed by atoms with van der Waals surface area (Å²) < 4.78 is 1.15. The molecule has 2 rings (SSSR count). The quantitative estimate of drug-likeness (QED) is 0.591. The fraction of sp³-hybridized carbons (Fsp3) is 0.154. The average Bonchev–Trinajstić information content (AvgIpc) is 2.58. The van der Waals surface area contributed by atoms with Gasteiger partial charge in [0.05, 0.1) is 0 Å². The van der Waals surface area contributed by atoms with E-state index in [4.69, 9.17) is 0 Å². The van der Waals surface area contributed by atoms with Gasteiger partial charge >= 0.3 is 0 Å². The molecule has 0 saturated carbocycles. The van der Waals surface area contributed by atoms with Crippen molar-refractivity contribution in [3.05, 3.63) is 54.8 Å². The van der Waals surface area contributed by atoms with Gasteiger partial charge in [-0.1, -0.05) is 0 Å². The van der Waals surface area contributed by atoms with Crippen molar-refractivity contribution in [2.45, 2.75) is 13.8 Å². The summed E-state index contributed by atoms with van der Waals surface area (Å²) in [6.45, 7) is 4.03. The van der Waals surface area contributed by atoms with Crippen LogP contribution in [0.5, 0.6) is 0 Å². The minimum atomic E-state index is 0.123. The molecule has 0 aliphatic rings. The molecule has 16 heavy (non-hydrogen) atoms. The second kappa shape index (κ2) is 4.67. The Morgan fingerprint density at radius 2 is 1.81 bits per heavy atom. The number of carbonyl (C=O) groups excluding carboxylic acids is 1. The lowest BCUT2D eigenvalue weighted by Gasteiger charge is -2.00. The third-order valence-corrected chi connectivity index (χ3v) is 4.08. The second-order valence-electron chi connectivity index (χ2n) is 3.66. The van der Waals surface area contributed by atoms with Crippen LogP contribution in [0, 0.1) is 17.4 Å². The van der Waals surface area contributed by atoms with Crippen molar-refractivity contribution in [2.75, 3.05) is 0 Å². The first-order valence-electron chi connectivity index (χ1n) is 4.95. The molecule has 0 radical (unpaired) electrons. The second-order valence-corrected chi connectivity index (χ2v) is 6.37. The maximum atomic E-state index is 12.2. The SMILES string of the molecule is Cc1cc(C(=O)c2ccc(I)cc2)c(C)s1. The van der Waals surface area contributed by atoms with Gasteiger partial charge in [-0.2, -0.15) is 0 Å². The molecule has 1 heterocycles. The minimum Gasteiger partial charge on any atom is -0.289 e. The predicted molar refractivity (Wildman–Crippen MR) is 76.4 cm³/mol. The lowest BCUT2D eigenvalue weighted by atomic mass is 10.0. The summed E-state index contributed by atoms with van der Waals surface area (Å²) in [6.07, 6.45) is 0. The molecule has 0 unspecified atom stereocenters. The number of carbonyl (C=O) groups is 1. The van der Waals surface area contributed by atoms with Gasteiger partial charge in [-0.25, -0.2) is 0 Å². The van der Waals surface area contributed by atoms with Gasteiger partial charge in [0, 0.05) is 24.5 Å². The molecular formula is C13H11IOS. The molecule has 82 valence electrons. The number of thiophene rings is 1. The summed E-state index contributed by atoms with van der Waals surface area (Å²) >= 11 is 3.91. The minimum absolute atomic E-state index is 0.123. The number of benzene rings is 1. The highest BCUT2D eigenvalue weighted by molar-refractivity contribution is 14.1. The van der Waals surface area contributed by atoms with Crippen molar-refractivity contribution < 1.29 is 4.79 Å². The Labute approximate surface area is 113 Å². The molecule has 0 fully saturated rings. The maximum Gasteiger partial charge on any atom is 0.194 e. The van der Waals surface area contributed by atoms with E-state index in [0.29, 0.717) is 0 Å². The molecule has 0 saturated heterocycles. The summed E-state index contributed by atoms with van der Waals surface area (Å²) in [4.78, 5) is 14.5. The van der Waals surface area contributed by atoms with Crippen molar-refractivity contribution in [2.24, 2.45) is 0 Å². The van der Waals surface area contributed by atoms with Crippen LogP contribution in [0.15, 0.2) is 30.3 Å². The van der Waals surface area contributed by atoms with Crippen molar-refractivity contribution in [3.8, 4) is 0 Å². The van der Waals surface area contributed by atoms with Crippen LogP contribution in [0.3, 0.4) is 0 Å². The summed E-state index contributed by atoms with van der Waals surface area (Å²) in [5.41, 5.74) is 1.60. The number of halogens is 1. The Morgan fingerprint density at radius 1 is 1.19 bits per heavy atom. The zero-order chi connectivity index (χ0) is 11.7. The number of rotatable bonds is 2. The van der Waals surface area contributed by atoms with Crippen LogP contribution < -0.4 is 0 Å². The van der Waals surface area contributed by atoms with Crippen LogP contribution >= 0.6 is 33.9 Å². The fourth-order valence-electron chi connectivity index (χ4n) is 1.61. The standard InChI is InChI=1S/C13H11IOS/c1-8-7-12(9(2)16-8)13(15)10-3-5-11(14)6-4-10/h3-7H,1-2H3. The molecule has 0 bridgehead atoms. The molecule has 0 aliphatic carbocycles. The van der Waals surface area contributed by atoms with E-state index < -0.39 is 0 Å². The van der Waals surface area contributed by atoms with E-state index in [1.54, 1.807) is 11.3 Å². The van der Waals surface area contributed by atoms with Crippen LogP contribution in [-0.4, -0.2) is 5.78 Å². The van der Waals surface area contributed by atoms with Crippen molar-refractivity contribution in [1.82, 2.24) is 0 Å². The molecule has 1 aromatic heterocycles. The third-order valence-electron chi connectivity index (χ3n) is 2.39. The molecule has 2 aromatic rings. The molecule has 1 nitrogen and oxygen atoms in total. The van der Waals surface area contributed by atoms with Crippen LogP contribution in [-0.2, 0) is 0 Å². The molecule has 0 spiro atoms. The van der Waals surface area contributed by atoms with Gasteiger partial charge < -0.3 is 0 Å². The van der Waals surface area contributed by atoms with Crippen LogP contribution in [0.4, 0.5) is 0 Å². The Hall–Kier alpha value is -0.680. The largest absolute Gasteiger partial charge is 0.289 e. The third kappa shape index (κ3) is 2.35. The number of ketones is 1. The Morgan fingerprint density at radius 3 is 2.31 bits per heavy atom. The molecule has 1 aromatic carbocycles. The van der Waals surface area contributed by atoms with Crippen molar-refractivity contribution >= 4 is 39.7 Å². The van der Waals surface area contributed by atoms with E-state index in [2.05, 4.69) is 22.6 Å². The number of aryl methyl sites for hydroxylation is 2. The van der Waals surface area contributed by atoms with Gasteiger partial charge in [0.15, 0.2) is 5.78 Å². The van der Waals surface area contributed by atoms with Crippen molar-refractivity contribution in [1.29, 1.82) is 0 Å². The molecule has 0 aliphatic heterocycles. The summed E-state index contributed by atoms with van der Waals surface area (Å²) in [5.74, 6) is 0.123. The van der Waals surface area contributed by atoms with E-state index in [1.165, 1.54) is 4.88 Å². The zero-order valence-corrected chi connectivity index (χ0v) is 12.1. The highest BCUT2D eigenvalue weighted by Gasteiger charge is 2.13. The Kier molecular flexibility index (Phi) is 3.44. The lowest BCUT2D eigenvalue weighted by Crippen LogP contribution is -2.00. The zero-order valence-electron chi connectivity index (χ0n) is 9.08. The first kappa shape index (κ1) is 11.8. The maximum absolute atomic E-state index is 12.2. The molecular weight excluding hydrogens is 331 g/mol. The fourth-order valence-corrected chi connectivity index (χ4v) is 2.89. The van der Waals surface area contributed by atoms with Crippen LogP contribution in [0.1, 0.15) is 25.7 Å². The van der Waals surface area contributed by atoms with Gasteiger partial charge in [-0.05, 0) is 66.8 Å². The first-order chi connectivity index (χ1) is 7.58. The molecule has 0 atom stereocenters. The van der Waals surface area contributed by atoms with Gasteiger partial charge in [0.25, 0.3) is 0 Å². The monoisotopic (exact) mass is 342 g/mol. The van der Waals surface area contributed by atoms with E-state index in [0.717, 1.165) is 19.6 Å².